The summed E-state index contributed by atoms with van der Waals surface area (Å²) < 4.78 is 27.3. The number of hydrogen-bond donors (Lipinski definition) is 0. The van der Waals surface area contributed by atoms with Gasteiger partial charge in [0.1, 0.15) is 11.4 Å². The number of sulfonamides is 1. The molecule has 30 heavy (non-hydrogen) atoms. The molecule has 0 spiro atoms. The third-order valence-corrected chi connectivity index (χ3v) is 8.00. The molecule has 2 aliphatic heterocycles. The molecule has 4 rings (SSSR count). The summed E-state index contributed by atoms with van der Waals surface area (Å²) in [5, 5.41) is 0.399. The molecule has 2 aromatic carbocycles. The van der Waals surface area contributed by atoms with E-state index in [-0.39, 0.29) is 52.6 Å². The molecule has 2 aliphatic rings. The van der Waals surface area contributed by atoms with Crippen molar-refractivity contribution >= 4 is 50.9 Å². The number of piperidine rings is 1. The van der Waals surface area contributed by atoms with E-state index in [0.29, 0.717) is 18.5 Å². The Morgan fingerprint density at radius 2 is 1.60 bits per heavy atom. The Kier molecular flexibility index (Phi) is 5.76. The van der Waals surface area contributed by atoms with Gasteiger partial charge in [-0.15, -0.1) is 0 Å². The van der Waals surface area contributed by atoms with E-state index in [1.54, 1.807) is 24.3 Å². The largest absolute Gasteiger partial charge is 0.332 e. The van der Waals surface area contributed by atoms with Crippen molar-refractivity contribution in [3.63, 3.8) is 0 Å². The summed E-state index contributed by atoms with van der Waals surface area (Å²) >= 11 is 12.0. The molecule has 2 aromatic rings. The Morgan fingerprint density at radius 1 is 0.933 bits per heavy atom. The zero-order valence-corrected chi connectivity index (χ0v) is 18.2. The lowest BCUT2D eigenvalue weighted by Gasteiger charge is -2.35. The van der Waals surface area contributed by atoms with E-state index in [4.69, 9.17) is 23.2 Å². The molecule has 0 saturated carbocycles. The molecule has 0 aromatic heterocycles. The van der Waals surface area contributed by atoms with Gasteiger partial charge >= 0.3 is 6.03 Å². The minimum absolute atomic E-state index is 0.00867. The van der Waals surface area contributed by atoms with Crippen molar-refractivity contribution in [1.82, 2.24) is 9.21 Å². The number of anilines is 1. The minimum atomic E-state index is -3.80. The Morgan fingerprint density at radius 3 is 2.27 bits per heavy atom. The average Bonchev–Trinajstić information content (AvgIpc) is 3.04. The molecule has 0 atom stereocenters. The van der Waals surface area contributed by atoms with E-state index in [1.807, 2.05) is 6.07 Å². The number of urea groups is 1. The maximum atomic E-state index is 13.0. The summed E-state index contributed by atoms with van der Waals surface area (Å²) in [6.45, 7) is 0.434. The van der Waals surface area contributed by atoms with Crippen LogP contribution in [0.1, 0.15) is 12.8 Å². The van der Waals surface area contributed by atoms with Crippen LogP contribution in [-0.4, -0.2) is 55.2 Å². The Hall–Kier alpha value is -2.13. The predicted molar refractivity (Wildman–Crippen MR) is 114 cm³/mol. The van der Waals surface area contributed by atoms with Crippen LogP contribution in [0.25, 0.3) is 0 Å². The van der Waals surface area contributed by atoms with Crippen molar-refractivity contribution in [2.75, 3.05) is 24.5 Å². The van der Waals surface area contributed by atoms with Crippen LogP contribution in [-0.2, 0) is 14.8 Å². The number of nitrogens with zero attached hydrogens (tertiary/aromatic N) is 3. The van der Waals surface area contributed by atoms with Gasteiger partial charge in [0.15, 0.2) is 0 Å². The van der Waals surface area contributed by atoms with Crippen LogP contribution in [0, 0.1) is 0 Å². The highest BCUT2D eigenvalue weighted by molar-refractivity contribution is 7.89. The lowest BCUT2D eigenvalue weighted by atomic mass is 10.1. The summed E-state index contributed by atoms with van der Waals surface area (Å²) in [4.78, 5) is 28.0. The summed E-state index contributed by atoms with van der Waals surface area (Å²) in [6.07, 6.45) is 0.859. The molecule has 10 heteroatoms. The van der Waals surface area contributed by atoms with Gasteiger partial charge in [0, 0.05) is 24.2 Å². The van der Waals surface area contributed by atoms with Crippen LogP contribution in [0.4, 0.5) is 10.5 Å². The summed E-state index contributed by atoms with van der Waals surface area (Å²) in [5.74, 6) is -0.285. The van der Waals surface area contributed by atoms with Crippen LogP contribution in [0.3, 0.4) is 0 Å². The fourth-order valence-corrected chi connectivity index (χ4v) is 6.05. The number of carbonyl (C=O) groups excluding carboxylic acids is 2. The van der Waals surface area contributed by atoms with Gasteiger partial charge in [-0.3, -0.25) is 4.79 Å². The number of hydrogen-bond acceptors (Lipinski definition) is 4. The lowest BCUT2D eigenvalue weighted by molar-refractivity contribution is -0.116. The molecule has 0 N–H and O–H groups in total. The molecule has 0 aliphatic carbocycles. The monoisotopic (exact) mass is 467 g/mol. The van der Waals surface area contributed by atoms with E-state index in [2.05, 4.69) is 0 Å². The van der Waals surface area contributed by atoms with Gasteiger partial charge in [-0.05, 0) is 43.2 Å². The number of amides is 3. The Labute approximate surface area is 184 Å². The number of carbonyl (C=O) groups is 2. The fourth-order valence-electron chi connectivity index (χ4n) is 3.84. The maximum Gasteiger partial charge on any atom is 0.332 e. The number of para-hydroxylation sites is 1. The molecular weight excluding hydrogens is 449 g/mol. The highest BCUT2D eigenvalue weighted by Crippen LogP contribution is 2.31. The van der Waals surface area contributed by atoms with Gasteiger partial charge in [0.05, 0.1) is 10.7 Å². The molecule has 0 unspecified atom stereocenters. The van der Waals surface area contributed by atoms with Crippen molar-refractivity contribution in [3.05, 3.63) is 58.6 Å². The minimum Gasteiger partial charge on any atom is -0.312 e. The molecule has 2 saturated heterocycles. The smallest absolute Gasteiger partial charge is 0.312 e. The van der Waals surface area contributed by atoms with Crippen LogP contribution in [0.5, 0.6) is 0 Å². The zero-order chi connectivity index (χ0) is 21.5. The standard InChI is InChI=1S/C20H19Cl2N3O4S/c21-14-6-7-17(22)18(12-14)30(28,29)23-10-8-15(9-11-23)24-13-19(26)25(20(24)27)16-4-2-1-3-5-16/h1-7,12,15H,8-11,13H2. The van der Waals surface area contributed by atoms with Crippen LogP contribution < -0.4 is 4.90 Å². The van der Waals surface area contributed by atoms with E-state index >= 15 is 0 Å². The molecule has 0 radical (unpaired) electrons. The summed E-state index contributed by atoms with van der Waals surface area (Å²) in [7, 11) is -3.80. The van der Waals surface area contributed by atoms with Gasteiger partial charge < -0.3 is 4.90 Å². The van der Waals surface area contributed by atoms with Gasteiger partial charge in [-0.2, -0.15) is 4.31 Å². The van der Waals surface area contributed by atoms with Crippen molar-refractivity contribution in [1.29, 1.82) is 0 Å². The highest BCUT2D eigenvalue weighted by Gasteiger charge is 2.42. The topological polar surface area (TPSA) is 78.0 Å². The van der Waals surface area contributed by atoms with E-state index in [9.17, 15) is 18.0 Å². The SMILES string of the molecule is O=C1CN(C2CCN(S(=O)(=O)c3cc(Cl)ccc3Cl)CC2)C(=O)N1c1ccccc1. The Balaban J connectivity index is 1.47. The number of rotatable bonds is 4. The number of imide groups is 1. The first-order valence-corrected chi connectivity index (χ1v) is 11.6. The first kappa shape index (κ1) is 21.1. The second-order valence-electron chi connectivity index (χ2n) is 7.19. The van der Waals surface area contributed by atoms with Gasteiger partial charge in [0.2, 0.25) is 10.0 Å². The van der Waals surface area contributed by atoms with Crippen LogP contribution >= 0.6 is 23.2 Å². The van der Waals surface area contributed by atoms with E-state index in [1.165, 1.54) is 32.3 Å². The third-order valence-electron chi connectivity index (χ3n) is 5.38. The molecule has 2 fully saturated rings. The molecule has 7 nitrogen and oxygen atoms in total. The lowest BCUT2D eigenvalue weighted by Crippen LogP contribution is -2.48. The van der Waals surface area contributed by atoms with E-state index in [0.717, 1.165) is 0 Å². The second kappa shape index (κ2) is 8.19. The number of benzene rings is 2. The second-order valence-corrected chi connectivity index (χ2v) is 9.94. The molecule has 158 valence electrons. The van der Waals surface area contributed by atoms with E-state index < -0.39 is 10.0 Å². The zero-order valence-electron chi connectivity index (χ0n) is 15.9. The molecular formula is C20H19Cl2N3O4S. The quantitative estimate of drug-likeness (QED) is 0.643. The van der Waals surface area contributed by atoms with Crippen molar-refractivity contribution in [3.8, 4) is 0 Å². The summed E-state index contributed by atoms with van der Waals surface area (Å²) in [6, 6.07) is 12.5. The first-order valence-electron chi connectivity index (χ1n) is 9.43. The molecule has 3 amide bonds. The molecule has 0 bridgehead atoms. The number of halogens is 2. The third kappa shape index (κ3) is 3.80. The van der Waals surface area contributed by atoms with Gasteiger partial charge in [0.25, 0.3) is 5.91 Å². The van der Waals surface area contributed by atoms with Crippen LogP contribution in [0.2, 0.25) is 10.0 Å². The highest BCUT2D eigenvalue weighted by atomic mass is 35.5. The van der Waals surface area contributed by atoms with Crippen molar-refractivity contribution in [2.24, 2.45) is 0 Å². The Bertz CT molecular complexity index is 1090. The first-order chi connectivity index (χ1) is 14.3. The van der Waals surface area contributed by atoms with Crippen LogP contribution in [0.15, 0.2) is 53.4 Å². The van der Waals surface area contributed by atoms with Gasteiger partial charge in [-0.1, -0.05) is 41.4 Å². The predicted octanol–water partition coefficient (Wildman–Crippen LogP) is 3.62. The fraction of sp³-hybridized carbons (Fsp3) is 0.300. The molecule has 2 heterocycles. The normalized spacial score (nSPS) is 19.0. The average molecular weight is 468 g/mol. The maximum absolute atomic E-state index is 13.0. The van der Waals surface area contributed by atoms with Gasteiger partial charge in [-0.25, -0.2) is 18.1 Å². The van der Waals surface area contributed by atoms with Crippen molar-refractivity contribution in [2.45, 2.75) is 23.8 Å². The summed E-state index contributed by atoms with van der Waals surface area (Å²) in [5.41, 5.74) is 0.533. The van der Waals surface area contributed by atoms with Crippen molar-refractivity contribution < 1.29 is 18.0 Å².